The Morgan fingerprint density at radius 1 is 1.24 bits per heavy atom. The summed E-state index contributed by atoms with van der Waals surface area (Å²) in [6, 6.07) is 7.45. The molecule has 17 heavy (non-hydrogen) atoms. The second kappa shape index (κ2) is 7.30. The van der Waals surface area contributed by atoms with Gasteiger partial charge in [-0.1, -0.05) is 38.5 Å². The van der Waals surface area contributed by atoms with Crippen LogP contribution in [0.1, 0.15) is 44.7 Å². The van der Waals surface area contributed by atoms with Crippen LogP contribution >= 0.6 is 0 Å². The quantitative estimate of drug-likeness (QED) is 0.683. The molecule has 0 aromatic heterocycles. The summed E-state index contributed by atoms with van der Waals surface area (Å²) in [6.07, 6.45) is 2.37. The van der Waals surface area contributed by atoms with Crippen molar-refractivity contribution in [2.75, 3.05) is 6.54 Å². The molecule has 0 amide bonds. The maximum Gasteiger partial charge on any atom is 0.120 e. The van der Waals surface area contributed by atoms with Gasteiger partial charge >= 0.3 is 0 Å². The van der Waals surface area contributed by atoms with Gasteiger partial charge in [-0.3, -0.25) is 0 Å². The fraction of sp³-hybridized carbons (Fsp3) is 0.571. The molecule has 0 bridgehead atoms. The van der Waals surface area contributed by atoms with Crippen molar-refractivity contribution in [2.45, 2.75) is 45.3 Å². The van der Waals surface area contributed by atoms with E-state index < -0.39 is 0 Å². The molecule has 96 valence electrons. The number of aliphatic hydroxyl groups excluding tert-OH is 1. The molecule has 0 radical (unpaired) electrons. The molecule has 1 rings (SSSR count). The van der Waals surface area contributed by atoms with Gasteiger partial charge in [0.15, 0.2) is 0 Å². The van der Waals surface area contributed by atoms with Gasteiger partial charge in [0.25, 0.3) is 0 Å². The van der Waals surface area contributed by atoms with Gasteiger partial charge in [0, 0.05) is 18.2 Å². The van der Waals surface area contributed by atoms with Crippen molar-refractivity contribution in [1.82, 2.24) is 5.32 Å². The molecule has 0 aliphatic heterocycles. The molecule has 0 aliphatic carbocycles. The van der Waals surface area contributed by atoms with Crippen molar-refractivity contribution >= 4 is 0 Å². The summed E-state index contributed by atoms with van der Waals surface area (Å²) in [5.41, 5.74) is 0.902. The molecule has 0 heterocycles. The molecule has 3 N–H and O–H groups in total. The monoisotopic (exact) mass is 237 g/mol. The molecule has 0 saturated carbocycles. The first-order chi connectivity index (χ1) is 8.19. The average Bonchev–Trinajstić information content (AvgIpc) is 2.32. The maximum absolute atomic E-state index is 9.78. The molecule has 0 saturated heterocycles. The fourth-order valence-corrected chi connectivity index (χ4v) is 1.97. The number of aliphatic hydroxyl groups is 1. The lowest BCUT2D eigenvalue weighted by Gasteiger charge is -2.20. The van der Waals surface area contributed by atoms with Crippen LogP contribution in [0.5, 0.6) is 5.75 Å². The van der Waals surface area contributed by atoms with Crippen LogP contribution < -0.4 is 5.32 Å². The van der Waals surface area contributed by atoms with Gasteiger partial charge in [0.1, 0.15) is 5.75 Å². The van der Waals surface area contributed by atoms with Crippen molar-refractivity contribution in [3.63, 3.8) is 0 Å². The zero-order valence-corrected chi connectivity index (χ0v) is 10.7. The van der Waals surface area contributed by atoms with Crippen molar-refractivity contribution in [1.29, 1.82) is 0 Å². The van der Waals surface area contributed by atoms with Crippen molar-refractivity contribution in [2.24, 2.45) is 0 Å². The second-order valence-corrected chi connectivity index (χ2v) is 4.37. The third-order valence-corrected chi connectivity index (χ3v) is 2.94. The highest BCUT2D eigenvalue weighted by Gasteiger charge is 2.13. The predicted molar refractivity (Wildman–Crippen MR) is 70.1 cm³/mol. The Morgan fingerprint density at radius 2 is 1.94 bits per heavy atom. The first kappa shape index (κ1) is 14.0. The van der Waals surface area contributed by atoms with E-state index in [0.717, 1.165) is 24.8 Å². The number of nitrogens with one attached hydrogen (secondary N) is 1. The number of benzene rings is 1. The van der Waals surface area contributed by atoms with Gasteiger partial charge in [-0.2, -0.15) is 0 Å². The number of phenols is 1. The van der Waals surface area contributed by atoms with E-state index in [-0.39, 0.29) is 12.1 Å². The largest absolute Gasteiger partial charge is 0.508 e. The standard InChI is InChI=1S/C14H23NO2/c1-3-7-11(16)10-15-13(4-2)12-8-5-6-9-14(12)17/h5-6,8-9,11,13,15-17H,3-4,7,10H2,1-2H3. The van der Waals surface area contributed by atoms with Crippen LogP contribution in [0, 0.1) is 0 Å². The van der Waals surface area contributed by atoms with Gasteiger partial charge in [-0.15, -0.1) is 0 Å². The van der Waals surface area contributed by atoms with E-state index in [1.807, 2.05) is 18.2 Å². The Morgan fingerprint density at radius 3 is 2.53 bits per heavy atom. The van der Waals surface area contributed by atoms with Crippen LogP contribution in [-0.2, 0) is 0 Å². The number of hydrogen-bond donors (Lipinski definition) is 3. The molecule has 0 spiro atoms. The summed E-state index contributed by atoms with van der Waals surface area (Å²) in [4.78, 5) is 0. The van der Waals surface area contributed by atoms with E-state index in [1.165, 1.54) is 0 Å². The predicted octanol–water partition coefficient (Wildman–Crippen LogP) is 2.59. The summed E-state index contributed by atoms with van der Waals surface area (Å²) in [5, 5.41) is 22.8. The molecule has 0 aliphatic rings. The smallest absolute Gasteiger partial charge is 0.120 e. The molecule has 2 unspecified atom stereocenters. The van der Waals surface area contributed by atoms with Crippen LogP contribution in [0.4, 0.5) is 0 Å². The van der Waals surface area contributed by atoms with Gasteiger partial charge in [0.05, 0.1) is 6.10 Å². The Bertz CT molecular complexity index is 328. The van der Waals surface area contributed by atoms with E-state index >= 15 is 0 Å². The average molecular weight is 237 g/mol. The minimum atomic E-state index is -0.306. The molecule has 2 atom stereocenters. The topological polar surface area (TPSA) is 52.5 Å². The van der Waals surface area contributed by atoms with E-state index in [9.17, 15) is 10.2 Å². The lowest BCUT2D eigenvalue weighted by Crippen LogP contribution is -2.30. The summed E-state index contributed by atoms with van der Waals surface area (Å²) in [5.74, 6) is 0.317. The molecule has 3 nitrogen and oxygen atoms in total. The van der Waals surface area contributed by atoms with Gasteiger partial charge in [0.2, 0.25) is 0 Å². The Kier molecular flexibility index (Phi) is 6.01. The van der Waals surface area contributed by atoms with Crippen LogP contribution in [0.25, 0.3) is 0 Å². The molecule has 1 aromatic carbocycles. The Balaban J connectivity index is 2.57. The minimum Gasteiger partial charge on any atom is -0.508 e. The molecule has 3 heteroatoms. The summed E-state index contributed by atoms with van der Waals surface area (Å²) >= 11 is 0. The summed E-state index contributed by atoms with van der Waals surface area (Å²) in [7, 11) is 0. The third-order valence-electron chi connectivity index (χ3n) is 2.94. The number of para-hydroxylation sites is 1. The normalized spacial score (nSPS) is 14.5. The van der Waals surface area contributed by atoms with Crippen LogP contribution in [0.3, 0.4) is 0 Å². The van der Waals surface area contributed by atoms with E-state index in [4.69, 9.17) is 0 Å². The lowest BCUT2D eigenvalue weighted by atomic mass is 10.0. The number of aromatic hydroxyl groups is 1. The van der Waals surface area contributed by atoms with Gasteiger partial charge in [-0.25, -0.2) is 0 Å². The molecular weight excluding hydrogens is 214 g/mol. The fourth-order valence-electron chi connectivity index (χ4n) is 1.97. The van der Waals surface area contributed by atoms with Crippen LogP contribution in [0.15, 0.2) is 24.3 Å². The SMILES string of the molecule is CCCC(O)CNC(CC)c1ccccc1O. The number of phenolic OH excluding ortho intramolecular Hbond substituents is 1. The number of hydrogen-bond acceptors (Lipinski definition) is 3. The minimum absolute atomic E-state index is 0.0997. The zero-order valence-electron chi connectivity index (χ0n) is 10.7. The van der Waals surface area contributed by atoms with Crippen molar-refractivity contribution in [3.05, 3.63) is 29.8 Å². The van der Waals surface area contributed by atoms with Crippen molar-refractivity contribution in [3.8, 4) is 5.75 Å². The van der Waals surface area contributed by atoms with Crippen LogP contribution in [0.2, 0.25) is 0 Å². The van der Waals surface area contributed by atoms with E-state index in [0.29, 0.717) is 12.3 Å². The number of rotatable bonds is 7. The van der Waals surface area contributed by atoms with Crippen molar-refractivity contribution < 1.29 is 10.2 Å². The highest BCUT2D eigenvalue weighted by molar-refractivity contribution is 5.34. The maximum atomic E-state index is 9.78. The summed E-state index contributed by atoms with van der Waals surface area (Å²) < 4.78 is 0. The van der Waals surface area contributed by atoms with Gasteiger partial charge < -0.3 is 15.5 Å². The zero-order chi connectivity index (χ0) is 12.7. The highest BCUT2D eigenvalue weighted by Crippen LogP contribution is 2.25. The third kappa shape index (κ3) is 4.36. The molecule has 0 fully saturated rings. The van der Waals surface area contributed by atoms with Crippen LogP contribution in [-0.4, -0.2) is 22.9 Å². The van der Waals surface area contributed by atoms with E-state index in [1.54, 1.807) is 6.07 Å². The summed E-state index contributed by atoms with van der Waals surface area (Å²) in [6.45, 7) is 4.69. The molecular formula is C14H23NO2. The van der Waals surface area contributed by atoms with E-state index in [2.05, 4.69) is 19.2 Å². The molecule has 1 aromatic rings. The Hall–Kier alpha value is -1.06. The second-order valence-electron chi connectivity index (χ2n) is 4.37. The van der Waals surface area contributed by atoms with Gasteiger partial charge in [-0.05, 0) is 18.9 Å². The first-order valence-electron chi connectivity index (χ1n) is 6.38. The Labute approximate surface area is 103 Å². The highest BCUT2D eigenvalue weighted by atomic mass is 16.3. The lowest BCUT2D eigenvalue weighted by molar-refractivity contribution is 0.155. The first-order valence-corrected chi connectivity index (χ1v) is 6.38.